The lowest BCUT2D eigenvalue weighted by Crippen LogP contribution is -2.56. The minimum atomic E-state index is -1.81. The lowest BCUT2D eigenvalue weighted by atomic mass is 10.0. The summed E-state index contributed by atoms with van der Waals surface area (Å²) >= 11 is 0. The molecule has 1 fully saturated rings. The van der Waals surface area contributed by atoms with Crippen molar-refractivity contribution in [3.05, 3.63) is 64.3 Å². The van der Waals surface area contributed by atoms with E-state index in [0.717, 1.165) is 24.3 Å². The number of esters is 1. The number of aliphatic hydroxyl groups excluding tert-OH is 2. The van der Waals surface area contributed by atoms with Crippen molar-refractivity contribution in [2.24, 2.45) is 0 Å². The van der Waals surface area contributed by atoms with E-state index in [1.54, 1.807) is 0 Å². The fourth-order valence-corrected chi connectivity index (χ4v) is 4.20. The SMILES string of the molecule is O=C(O[C@@H]1C(O)[C@@H](O)CO[C@H]1Oc1c(-c2ccc(O)cc2)oc2cc(O)cc(O)c2c1=O)c1cc(O)c(O)c(O)c1. The first-order valence-electron chi connectivity index (χ1n) is 11.9. The third kappa shape index (κ3) is 5.09. The predicted molar refractivity (Wildman–Crippen MR) is 136 cm³/mol. The van der Waals surface area contributed by atoms with Gasteiger partial charge in [0, 0.05) is 17.7 Å². The highest BCUT2D eigenvalue weighted by atomic mass is 16.7. The van der Waals surface area contributed by atoms with Gasteiger partial charge in [-0.05, 0) is 36.4 Å². The summed E-state index contributed by atoms with van der Waals surface area (Å²) in [7, 11) is 0. The average molecular weight is 570 g/mol. The summed E-state index contributed by atoms with van der Waals surface area (Å²) in [5.74, 6) is -5.83. The second-order valence-corrected chi connectivity index (χ2v) is 9.08. The van der Waals surface area contributed by atoms with Crippen LogP contribution < -0.4 is 10.2 Å². The van der Waals surface area contributed by atoms with Gasteiger partial charge in [-0.25, -0.2) is 4.79 Å². The van der Waals surface area contributed by atoms with Gasteiger partial charge < -0.3 is 59.5 Å². The zero-order valence-electron chi connectivity index (χ0n) is 20.7. The summed E-state index contributed by atoms with van der Waals surface area (Å²) in [5.41, 5.74) is -1.43. The van der Waals surface area contributed by atoms with Crippen LogP contribution >= 0.6 is 0 Å². The highest BCUT2D eigenvalue weighted by Gasteiger charge is 2.44. The van der Waals surface area contributed by atoms with Crippen molar-refractivity contribution in [3.8, 4) is 51.6 Å². The molecule has 0 saturated carbocycles. The van der Waals surface area contributed by atoms with E-state index in [-0.39, 0.29) is 28.0 Å². The highest BCUT2D eigenvalue weighted by molar-refractivity contribution is 5.91. The first kappa shape index (κ1) is 27.4. The minimum Gasteiger partial charge on any atom is -0.508 e. The molecule has 0 bridgehead atoms. The van der Waals surface area contributed by atoms with Crippen molar-refractivity contribution >= 4 is 16.9 Å². The highest BCUT2D eigenvalue weighted by Crippen LogP contribution is 2.38. The molecule has 4 atom stereocenters. The molecule has 0 amide bonds. The van der Waals surface area contributed by atoms with Crippen molar-refractivity contribution in [3.63, 3.8) is 0 Å². The number of phenolic OH excluding ortho intramolecular Hbond substituents is 6. The van der Waals surface area contributed by atoms with Crippen molar-refractivity contribution in [1.29, 1.82) is 0 Å². The van der Waals surface area contributed by atoms with Crippen LogP contribution in [0.4, 0.5) is 0 Å². The number of fused-ring (bicyclic) bond motifs is 1. The Labute approximate surface area is 228 Å². The van der Waals surface area contributed by atoms with Crippen LogP contribution in [0.2, 0.25) is 0 Å². The van der Waals surface area contributed by atoms with Crippen LogP contribution in [0.5, 0.6) is 40.2 Å². The number of ether oxygens (including phenoxy) is 3. The van der Waals surface area contributed by atoms with Gasteiger partial charge in [0.15, 0.2) is 29.1 Å². The summed E-state index contributed by atoms with van der Waals surface area (Å²) < 4.78 is 22.3. The van der Waals surface area contributed by atoms with Crippen LogP contribution in [0, 0.1) is 0 Å². The Morgan fingerprint density at radius 1 is 0.854 bits per heavy atom. The molecule has 214 valence electrons. The molecule has 41 heavy (non-hydrogen) atoms. The maximum absolute atomic E-state index is 13.6. The van der Waals surface area contributed by atoms with Gasteiger partial charge in [-0.2, -0.15) is 0 Å². The third-order valence-corrected chi connectivity index (χ3v) is 6.26. The molecular weight excluding hydrogens is 548 g/mol. The smallest absolute Gasteiger partial charge is 0.339 e. The molecule has 1 unspecified atom stereocenters. The molecular formula is C27H22O14. The van der Waals surface area contributed by atoms with Crippen molar-refractivity contribution < 1.29 is 64.3 Å². The molecule has 0 aliphatic carbocycles. The van der Waals surface area contributed by atoms with Gasteiger partial charge in [-0.3, -0.25) is 4.79 Å². The first-order valence-corrected chi connectivity index (χ1v) is 11.9. The molecule has 3 aromatic carbocycles. The Morgan fingerprint density at radius 2 is 1.51 bits per heavy atom. The number of phenols is 6. The molecule has 0 spiro atoms. The first-order chi connectivity index (χ1) is 19.4. The van der Waals surface area contributed by atoms with E-state index in [0.29, 0.717) is 0 Å². The van der Waals surface area contributed by atoms with E-state index in [1.165, 1.54) is 24.3 Å². The van der Waals surface area contributed by atoms with Crippen LogP contribution in [0.3, 0.4) is 0 Å². The van der Waals surface area contributed by atoms with E-state index < -0.39 is 82.7 Å². The maximum Gasteiger partial charge on any atom is 0.339 e. The number of carbonyl (C=O) groups excluding carboxylic acids is 1. The van der Waals surface area contributed by atoms with Crippen LogP contribution in [0.25, 0.3) is 22.3 Å². The predicted octanol–water partition coefficient (Wildman–Crippen LogP) is 1.38. The molecule has 8 N–H and O–H groups in total. The number of hydrogen-bond acceptors (Lipinski definition) is 14. The summed E-state index contributed by atoms with van der Waals surface area (Å²) in [6.45, 7) is -0.521. The molecule has 1 saturated heterocycles. The standard InChI is InChI=1S/C27H22O14/c28-12-3-1-10(2-4-12)23-24(22(36)19-14(30)7-13(29)8-18(19)39-23)41-27-25(21(35)17(33)9-38-27)40-26(37)11-5-15(31)20(34)16(32)6-11/h1-8,17,21,25,27-35H,9H2/t17-,21?,25+,27-/m0/s1. The molecule has 0 radical (unpaired) electrons. The minimum absolute atomic E-state index is 0.111. The van der Waals surface area contributed by atoms with Crippen LogP contribution in [-0.4, -0.2) is 78.0 Å². The van der Waals surface area contributed by atoms with Gasteiger partial charge in [0.1, 0.15) is 40.4 Å². The van der Waals surface area contributed by atoms with Gasteiger partial charge in [-0.15, -0.1) is 0 Å². The number of hydrogen-bond donors (Lipinski definition) is 8. The zero-order valence-corrected chi connectivity index (χ0v) is 20.7. The second-order valence-electron chi connectivity index (χ2n) is 9.08. The van der Waals surface area contributed by atoms with Crippen molar-refractivity contribution in [2.45, 2.75) is 24.6 Å². The van der Waals surface area contributed by atoms with E-state index in [2.05, 4.69) is 0 Å². The fraction of sp³-hybridized carbons (Fsp3) is 0.185. The summed E-state index contributed by atoms with van der Waals surface area (Å²) in [4.78, 5) is 26.4. The van der Waals surface area contributed by atoms with E-state index in [9.17, 15) is 50.4 Å². The van der Waals surface area contributed by atoms with Crippen LogP contribution in [0.1, 0.15) is 10.4 Å². The van der Waals surface area contributed by atoms with Gasteiger partial charge in [0.25, 0.3) is 0 Å². The van der Waals surface area contributed by atoms with Gasteiger partial charge >= 0.3 is 5.97 Å². The fourth-order valence-electron chi connectivity index (χ4n) is 4.20. The summed E-state index contributed by atoms with van der Waals surface area (Å²) in [6.07, 6.45) is -6.94. The van der Waals surface area contributed by atoms with E-state index >= 15 is 0 Å². The molecule has 5 rings (SSSR count). The average Bonchev–Trinajstić information content (AvgIpc) is 2.92. The Kier molecular flexibility index (Phi) is 6.96. The second kappa shape index (κ2) is 10.4. The van der Waals surface area contributed by atoms with Crippen molar-refractivity contribution in [2.75, 3.05) is 6.61 Å². The van der Waals surface area contributed by atoms with Crippen LogP contribution in [0.15, 0.2) is 57.7 Å². The quantitative estimate of drug-likeness (QED) is 0.125. The Morgan fingerprint density at radius 3 is 2.17 bits per heavy atom. The number of carbonyl (C=O) groups is 1. The summed E-state index contributed by atoms with van der Waals surface area (Å²) in [6, 6.07) is 8.84. The molecule has 14 heteroatoms. The molecule has 4 aromatic rings. The number of aliphatic hydroxyl groups is 2. The maximum atomic E-state index is 13.6. The lowest BCUT2D eigenvalue weighted by molar-refractivity contribution is -0.241. The van der Waals surface area contributed by atoms with Crippen molar-refractivity contribution in [1.82, 2.24) is 0 Å². The van der Waals surface area contributed by atoms with Gasteiger partial charge in [0.05, 0.1) is 12.2 Å². The monoisotopic (exact) mass is 570 g/mol. The Bertz CT molecular complexity index is 1670. The Balaban J connectivity index is 1.58. The Hall–Kier alpha value is -5.18. The van der Waals surface area contributed by atoms with E-state index in [4.69, 9.17) is 18.6 Å². The molecule has 1 aliphatic heterocycles. The molecule has 2 heterocycles. The van der Waals surface area contributed by atoms with Crippen LogP contribution in [-0.2, 0) is 9.47 Å². The van der Waals surface area contributed by atoms with Gasteiger partial charge in [-0.1, -0.05) is 0 Å². The lowest BCUT2D eigenvalue weighted by Gasteiger charge is -2.37. The molecule has 14 nitrogen and oxygen atoms in total. The molecule has 1 aromatic heterocycles. The topological polar surface area (TPSA) is 237 Å². The third-order valence-electron chi connectivity index (χ3n) is 6.26. The largest absolute Gasteiger partial charge is 0.508 e. The number of rotatable bonds is 5. The van der Waals surface area contributed by atoms with Gasteiger partial charge in [0.2, 0.25) is 17.5 Å². The summed E-state index contributed by atoms with van der Waals surface area (Å²) in [5, 5.41) is 79.4. The number of aromatic hydroxyl groups is 6. The van der Waals surface area contributed by atoms with E-state index in [1.807, 2.05) is 0 Å². The zero-order chi connectivity index (χ0) is 29.6. The molecule has 1 aliphatic rings. The number of benzene rings is 3. The normalized spacial score (nSPS) is 20.5.